The van der Waals surface area contributed by atoms with Crippen LogP contribution in [0.25, 0.3) is 0 Å². The standard InChI is InChI=1S/C11H10N2O2/c14-10-6-5-9-11(15)12-7-3-1-2-4-8(7)13(9)10/h1-4,9H,5-6H2,(H,12,15). The van der Waals surface area contributed by atoms with Crippen molar-refractivity contribution in [2.45, 2.75) is 18.9 Å². The van der Waals surface area contributed by atoms with Crippen molar-refractivity contribution >= 4 is 23.2 Å². The highest BCUT2D eigenvalue weighted by Crippen LogP contribution is 2.36. The summed E-state index contributed by atoms with van der Waals surface area (Å²) >= 11 is 0. The predicted octanol–water partition coefficient (Wildman–Crippen LogP) is 1.13. The van der Waals surface area contributed by atoms with Crippen LogP contribution in [0.1, 0.15) is 12.8 Å². The van der Waals surface area contributed by atoms with Gasteiger partial charge in [0.2, 0.25) is 11.8 Å². The van der Waals surface area contributed by atoms with Crippen LogP contribution in [-0.2, 0) is 9.59 Å². The molecule has 1 fully saturated rings. The van der Waals surface area contributed by atoms with Crippen molar-refractivity contribution in [1.29, 1.82) is 0 Å². The summed E-state index contributed by atoms with van der Waals surface area (Å²) in [5.74, 6) is -0.0261. The largest absolute Gasteiger partial charge is 0.322 e. The maximum Gasteiger partial charge on any atom is 0.247 e. The maximum atomic E-state index is 11.7. The molecule has 1 atom stereocenters. The molecule has 4 heteroatoms. The summed E-state index contributed by atoms with van der Waals surface area (Å²) in [6.45, 7) is 0. The van der Waals surface area contributed by atoms with Crippen LogP contribution in [0.15, 0.2) is 24.3 Å². The lowest BCUT2D eigenvalue weighted by molar-refractivity contribution is -0.120. The third-order valence-electron chi connectivity index (χ3n) is 2.94. The Balaban J connectivity index is 2.16. The number of nitrogens with zero attached hydrogens (tertiary/aromatic N) is 1. The van der Waals surface area contributed by atoms with Crippen molar-refractivity contribution in [1.82, 2.24) is 0 Å². The van der Waals surface area contributed by atoms with Crippen LogP contribution in [0.3, 0.4) is 0 Å². The Labute approximate surface area is 86.9 Å². The first kappa shape index (κ1) is 8.47. The van der Waals surface area contributed by atoms with E-state index in [2.05, 4.69) is 5.32 Å². The van der Waals surface area contributed by atoms with E-state index in [-0.39, 0.29) is 17.9 Å². The van der Waals surface area contributed by atoms with E-state index < -0.39 is 0 Å². The zero-order valence-corrected chi connectivity index (χ0v) is 8.06. The van der Waals surface area contributed by atoms with E-state index in [0.29, 0.717) is 12.8 Å². The molecule has 3 rings (SSSR count). The van der Waals surface area contributed by atoms with Gasteiger partial charge in [-0.1, -0.05) is 12.1 Å². The molecule has 0 bridgehead atoms. The molecule has 1 aromatic rings. The molecule has 15 heavy (non-hydrogen) atoms. The molecule has 0 radical (unpaired) electrons. The number of fused-ring (bicyclic) bond motifs is 3. The fourth-order valence-corrected chi connectivity index (χ4v) is 2.24. The monoisotopic (exact) mass is 202 g/mol. The highest BCUT2D eigenvalue weighted by molar-refractivity contribution is 6.13. The van der Waals surface area contributed by atoms with Crippen LogP contribution in [-0.4, -0.2) is 17.9 Å². The topological polar surface area (TPSA) is 49.4 Å². The Morgan fingerprint density at radius 2 is 2.07 bits per heavy atom. The molecule has 2 aliphatic rings. The van der Waals surface area contributed by atoms with Crippen LogP contribution in [0.5, 0.6) is 0 Å². The van der Waals surface area contributed by atoms with Gasteiger partial charge in [0, 0.05) is 6.42 Å². The summed E-state index contributed by atoms with van der Waals surface area (Å²) in [5.41, 5.74) is 1.55. The van der Waals surface area contributed by atoms with E-state index in [1.165, 1.54) is 0 Å². The van der Waals surface area contributed by atoms with E-state index in [9.17, 15) is 9.59 Å². The molecule has 0 saturated carbocycles. The molecule has 1 unspecified atom stereocenters. The highest BCUT2D eigenvalue weighted by atomic mass is 16.2. The minimum atomic E-state index is -0.299. The fraction of sp³-hybridized carbons (Fsp3) is 0.273. The SMILES string of the molecule is O=C1Nc2ccccc2N2C(=O)CCC12. The molecule has 0 aliphatic carbocycles. The first-order chi connectivity index (χ1) is 7.27. The van der Waals surface area contributed by atoms with Gasteiger partial charge >= 0.3 is 0 Å². The minimum absolute atomic E-state index is 0.0438. The van der Waals surface area contributed by atoms with Crippen LogP contribution < -0.4 is 10.2 Å². The lowest BCUT2D eigenvalue weighted by Gasteiger charge is -2.31. The van der Waals surface area contributed by atoms with Gasteiger partial charge in [-0.25, -0.2) is 0 Å². The molecule has 4 nitrogen and oxygen atoms in total. The third kappa shape index (κ3) is 1.08. The molecule has 0 aromatic heterocycles. The minimum Gasteiger partial charge on any atom is -0.322 e. The lowest BCUT2D eigenvalue weighted by atomic mass is 10.1. The van der Waals surface area contributed by atoms with Gasteiger partial charge in [-0.15, -0.1) is 0 Å². The number of anilines is 2. The van der Waals surface area contributed by atoms with E-state index in [1.54, 1.807) is 4.90 Å². The average Bonchev–Trinajstić information content (AvgIpc) is 2.62. The summed E-state index contributed by atoms with van der Waals surface area (Å²) in [5, 5.41) is 2.82. The lowest BCUT2D eigenvalue weighted by Crippen LogP contribution is -2.45. The average molecular weight is 202 g/mol. The number of amides is 2. The van der Waals surface area contributed by atoms with Gasteiger partial charge in [-0.3, -0.25) is 14.5 Å². The first-order valence-electron chi connectivity index (χ1n) is 4.99. The fourth-order valence-electron chi connectivity index (χ4n) is 2.24. The van der Waals surface area contributed by atoms with Crippen LogP contribution in [0.2, 0.25) is 0 Å². The van der Waals surface area contributed by atoms with Gasteiger partial charge in [0.25, 0.3) is 0 Å². The molecule has 0 spiro atoms. The molecule has 2 aliphatic heterocycles. The number of benzene rings is 1. The number of nitrogens with one attached hydrogen (secondary N) is 1. The molecular formula is C11H10N2O2. The number of para-hydroxylation sites is 2. The van der Waals surface area contributed by atoms with Crippen LogP contribution in [0.4, 0.5) is 11.4 Å². The van der Waals surface area contributed by atoms with Crippen molar-refractivity contribution in [2.75, 3.05) is 10.2 Å². The Morgan fingerprint density at radius 1 is 1.27 bits per heavy atom. The Morgan fingerprint density at radius 3 is 2.93 bits per heavy atom. The molecule has 1 saturated heterocycles. The van der Waals surface area contributed by atoms with Crippen LogP contribution >= 0.6 is 0 Å². The second-order valence-electron chi connectivity index (χ2n) is 3.82. The Bertz CT molecular complexity index is 456. The zero-order chi connectivity index (χ0) is 10.4. The summed E-state index contributed by atoms with van der Waals surface area (Å²) < 4.78 is 0. The highest BCUT2D eigenvalue weighted by Gasteiger charge is 2.41. The number of hydrogen-bond acceptors (Lipinski definition) is 2. The second kappa shape index (κ2) is 2.82. The summed E-state index contributed by atoms with van der Waals surface area (Å²) in [7, 11) is 0. The van der Waals surface area contributed by atoms with Crippen molar-refractivity contribution in [3.63, 3.8) is 0 Å². The quantitative estimate of drug-likeness (QED) is 0.685. The van der Waals surface area contributed by atoms with Gasteiger partial charge in [-0.05, 0) is 18.6 Å². The smallest absolute Gasteiger partial charge is 0.247 e. The van der Waals surface area contributed by atoms with Gasteiger partial charge in [0.05, 0.1) is 11.4 Å². The summed E-state index contributed by atoms with van der Waals surface area (Å²) in [6.07, 6.45) is 1.09. The summed E-state index contributed by atoms with van der Waals surface area (Å²) in [4.78, 5) is 25.0. The Kier molecular flexibility index (Phi) is 1.59. The normalized spacial score (nSPS) is 23.5. The van der Waals surface area contributed by atoms with E-state index >= 15 is 0 Å². The molecule has 1 aromatic carbocycles. The van der Waals surface area contributed by atoms with Gasteiger partial charge < -0.3 is 5.32 Å². The number of carbonyl (C=O) groups is 2. The number of hydrogen-bond donors (Lipinski definition) is 1. The molecule has 1 N–H and O–H groups in total. The van der Waals surface area contributed by atoms with E-state index in [4.69, 9.17) is 0 Å². The molecule has 2 amide bonds. The molecule has 2 heterocycles. The Hall–Kier alpha value is -1.84. The first-order valence-corrected chi connectivity index (χ1v) is 4.99. The van der Waals surface area contributed by atoms with Crippen LogP contribution in [0, 0.1) is 0 Å². The zero-order valence-electron chi connectivity index (χ0n) is 8.06. The molecule has 76 valence electrons. The van der Waals surface area contributed by atoms with Crippen molar-refractivity contribution in [2.24, 2.45) is 0 Å². The second-order valence-corrected chi connectivity index (χ2v) is 3.82. The van der Waals surface area contributed by atoms with Crippen molar-refractivity contribution < 1.29 is 9.59 Å². The number of rotatable bonds is 0. The van der Waals surface area contributed by atoms with Gasteiger partial charge in [-0.2, -0.15) is 0 Å². The van der Waals surface area contributed by atoms with E-state index in [0.717, 1.165) is 11.4 Å². The van der Waals surface area contributed by atoms with Crippen molar-refractivity contribution in [3.8, 4) is 0 Å². The number of carbonyl (C=O) groups excluding carboxylic acids is 2. The maximum absolute atomic E-state index is 11.7. The predicted molar refractivity (Wildman–Crippen MR) is 55.6 cm³/mol. The summed E-state index contributed by atoms with van der Waals surface area (Å²) in [6, 6.07) is 7.10. The third-order valence-corrected chi connectivity index (χ3v) is 2.94. The van der Waals surface area contributed by atoms with Gasteiger partial charge in [0.15, 0.2) is 0 Å². The molecular weight excluding hydrogens is 192 g/mol. The van der Waals surface area contributed by atoms with E-state index in [1.807, 2.05) is 24.3 Å². The van der Waals surface area contributed by atoms with Gasteiger partial charge in [0.1, 0.15) is 6.04 Å². The van der Waals surface area contributed by atoms with Crippen molar-refractivity contribution in [3.05, 3.63) is 24.3 Å².